The van der Waals surface area contributed by atoms with Gasteiger partial charge in [0.1, 0.15) is 0 Å². The van der Waals surface area contributed by atoms with Crippen LogP contribution in [0.2, 0.25) is 15.1 Å². The third-order valence-electron chi connectivity index (χ3n) is 4.74. The Kier molecular flexibility index (Phi) is 8.20. The van der Waals surface area contributed by atoms with Crippen molar-refractivity contribution in [2.24, 2.45) is 0 Å². The van der Waals surface area contributed by atoms with Crippen molar-refractivity contribution < 1.29 is 13.2 Å². The fraction of sp³-hybridized carbons (Fsp3) is 0.174. The van der Waals surface area contributed by atoms with Crippen LogP contribution in [0.3, 0.4) is 0 Å². The fourth-order valence-corrected chi connectivity index (χ4v) is 4.94. The summed E-state index contributed by atoms with van der Waals surface area (Å²) < 4.78 is 27.7. The van der Waals surface area contributed by atoms with Crippen molar-refractivity contribution in [3.8, 4) is 0 Å². The van der Waals surface area contributed by atoms with Crippen LogP contribution in [-0.2, 0) is 27.9 Å². The number of nitrogens with zero attached hydrogens (tertiary/aromatic N) is 1. The summed E-state index contributed by atoms with van der Waals surface area (Å²) in [4.78, 5) is 12.8. The Hall–Kier alpha value is -2.09. The maximum atomic E-state index is 13.3. The summed E-state index contributed by atoms with van der Waals surface area (Å²) in [7, 11) is -3.92. The van der Waals surface area contributed by atoms with E-state index in [2.05, 4.69) is 5.32 Å². The maximum absolute atomic E-state index is 13.3. The summed E-state index contributed by atoms with van der Waals surface area (Å²) in [6.45, 7) is 1.68. The van der Waals surface area contributed by atoms with Crippen LogP contribution in [-0.4, -0.2) is 25.2 Å². The van der Waals surface area contributed by atoms with Gasteiger partial charge in [-0.15, -0.1) is 0 Å². The molecule has 168 valence electrons. The average molecular weight is 512 g/mol. The third kappa shape index (κ3) is 6.47. The van der Waals surface area contributed by atoms with Gasteiger partial charge < -0.3 is 5.32 Å². The summed E-state index contributed by atoms with van der Waals surface area (Å²) in [5.74, 6) is -0.458. The molecule has 0 spiro atoms. The molecule has 32 heavy (non-hydrogen) atoms. The lowest BCUT2D eigenvalue weighted by Crippen LogP contribution is -2.40. The van der Waals surface area contributed by atoms with Crippen molar-refractivity contribution >= 4 is 50.7 Å². The lowest BCUT2D eigenvalue weighted by atomic mass is 10.2. The van der Waals surface area contributed by atoms with E-state index in [1.165, 1.54) is 12.1 Å². The van der Waals surface area contributed by atoms with Gasteiger partial charge in [-0.25, -0.2) is 8.42 Å². The highest BCUT2D eigenvalue weighted by atomic mass is 35.5. The molecule has 0 saturated carbocycles. The topological polar surface area (TPSA) is 66.5 Å². The van der Waals surface area contributed by atoms with Crippen LogP contribution in [0.4, 0.5) is 0 Å². The minimum atomic E-state index is -3.92. The summed E-state index contributed by atoms with van der Waals surface area (Å²) in [6, 6.07) is 18.3. The second kappa shape index (κ2) is 10.7. The van der Waals surface area contributed by atoms with Crippen LogP contribution in [0.15, 0.2) is 71.6 Å². The zero-order valence-electron chi connectivity index (χ0n) is 17.2. The van der Waals surface area contributed by atoms with Crippen molar-refractivity contribution in [2.45, 2.75) is 24.9 Å². The molecule has 0 saturated heterocycles. The van der Waals surface area contributed by atoms with Gasteiger partial charge in [0.2, 0.25) is 15.9 Å². The molecule has 3 aromatic carbocycles. The fourth-order valence-electron chi connectivity index (χ4n) is 2.95. The minimum Gasteiger partial charge on any atom is -0.351 e. The second-order valence-corrected chi connectivity index (χ2v) is 10.4. The molecule has 0 atom stereocenters. The van der Waals surface area contributed by atoms with Gasteiger partial charge in [0.15, 0.2) is 0 Å². The minimum absolute atomic E-state index is 0.0164. The van der Waals surface area contributed by atoms with Gasteiger partial charge in [-0.1, -0.05) is 70.7 Å². The quantitative estimate of drug-likeness (QED) is 0.436. The standard InChI is InChI=1S/C23H21Cl3N2O3S/c1-16-2-10-21(11-3-16)32(30,31)28(14-17-4-7-19(24)8-5-17)15-23(29)27-13-18-6-9-20(25)12-22(18)26/h2-12H,13-15H2,1H3,(H,27,29). The molecule has 0 aliphatic heterocycles. The van der Waals surface area contributed by atoms with E-state index < -0.39 is 15.9 Å². The molecule has 0 aromatic heterocycles. The zero-order valence-corrected chi connectivity index (χ0v) is 20.3. The highest BCUT2D eigenvalue weighted by Gasteiger charge is 2.27. The van der Waals surface area contributed by atoms with Gasteiger partial charge in [-0.2, -0.15) is 4.31 Å². The molecule has 0 aliphatic carbocycles. The Balaban J connectivity index is 1.80. The van der Waals surface area contributed by atoms with Crippen LogP contribution >= 0.6 is 34.8 Å². The molecule has 0 radical (unpaired) electrons. The van der Waals surface area contributed by atoms with E-state index >= 15 is 0 Å². The van der Waals surface area contributed by atoms with E-state index in [0.717, 1.165) is 9.87 Å². The molecule has 1 N–H and O–H groups in total. The number of hydrogen-bond donors (Lipinski definition) is 1. The molecule has 3 rings (SSSR count). The number of sulfonamides is 1. The SMILES string of the molecule is Cc1ccc(S(=O)(=O)N(CC(=O)NCc2ccc(Cl)cc2Cl)Cc2ccc(Cl)cc2)cc1. The highest BCUT2D eigenvalue weighted by Crippen LogP contribution is 2.22. The van der Waals surface area contributed by atoms with Gasteiger partial charge in [-0.05, 0) is 54.4 Å². The number of carbonyl (C=O) groups excluding carboxylic acids is 1. The molecule has 0 bridgehead atoms. The van der Waals surface area contributed by atoms with E-state index in [1.807, 2.05) is 6.92 Å². The average Bonchev–Trinajstić information content (AvgIpc) is 2.74. The van der Waals surface area contributed by atoms with E-state index in [4.69, 9.17) is 34.8 Å². The first-order valence-corrected chi connectivity index (χ1v) is 12.2. The van der Waals surface area contributed by atoms with Crippen LogP contribution in [0.5, 0.6) is 0 Å². The number of aryl methyl sites for hydroxylation is 1. The number of benzene rings is 3. The third-order valence-corrected chi connectivity index (χ3v) is 7.39. The number of amides is 1. The number of rotatable bonds is 8. The first-order valence-electron chi connectivity index (χ1n) is 9.67. The molecule has 0 unspecified atom stereocenters. The maximum Gasteiger partial charge on any atom is 0.243 e. The highest BCUT2D eigenvalue weighted by molar-refractivity contribution is 7.89. The number of hydrogen-bond acceptors (Lipinski definition) is 3. The van der Waals surface area contributed by atoms with Gasteiger partial charge in [0.05, 0.1) is 11.4 Å². The number of halogens is 3. The largest absolute Gasteiger partial charge is 0.351 e. The van der Waals surface area contributed by atoms with Gasteiger partial charge in [-0.3, -0.25) is 4.79 Å². The molecular formula is C23H21Cl3N2O3S. The first kappa shape index (κ1) is 24.6. The van der Waals surface area contributed by atoms with Crippen molar-refractivity contribution in [1.29, 1.82) is 0 Å². The Labute approximate surface area is 203 Å². The Morgan fingerprint density at radius 1 is 0.906 bits per heavy atom. The molecule has 5 nitrogen and oxygen atoms in total. The van der Waals surface area contributed by atoms with Crippen LogP contribution in [0, 0.1) is 6.92 Å². The van der Waals surface area contributed by atoms with E-state index in [1.54, 1.807) is 54.6 Å². The van der Waals surface area contributed by atoms with Crippen LogP contribution in [0.25, 0.3) is 0 Å². The predicted molar refractivity (Wildman–Crippen MR) is 129 cm³/mol. The summed E-state index contributed by atoms with van der Waals surface area (Å²) in [6.07, 6.45) is 0. The van der Waals surface area contributed by atoms with Crippen molar-refractivity contribution in [1.82, 2.24) is 9.62 Å². The molecule has 3 aromatic rings. The van der Waals surface area contributed by atoms with Gasteiger partial charge in [0, 0.05) is 28.2 Å². The zero-order chi connectivity index (χ0) is 23.3. The Morgan fingerprint density at radius 3 is 2.16 bits per heavy atom. The Bertz CT molecular complexity index is 1200. The van der Waals surface area contributed by atoms with E-state index in [0.29, 0.717) is 26.2 Å². The Morgan fingerprint density at radius 2 is 1.53 bits per heavy atom. The molecule has 0 heterocycles. The smallest absolute Gasteiger partial charge is 0.243 e. The monoisotopic (exact) mass is 510 g/mol. The first-order chi connectivity index (χ1) is 15.1. The molecular weight excluding hydrogens is 491 g/mol. The molecule has 0 fully saturated rings. The predicted octanol–water partition coefficient (Wildman–Crippen LogP) is 5.46. The molecule has 1 amide bonds. The summed E-state index contributed by atoms with van der Waals surface area (Å²) in [5.41, 5.74) is 2.32. The second-order valence-electron chi connectivity index (χ2n) is 7.23. The number of nitrogens with one attached hydrogen (secondary N) is 1. The van der Waals surface area contributed by atoms with E-state index in [-0.39, 0.29) is 24.5 Å². The molecule has 9 heteroatoms. The normalized spacial score (nSPS) is 11.5. The van der Waals surface area contributed by atoms with Crippen molar-refractivity contribution in [3.05, 3.63) is 98.5 Å². The van der Waals surface area contributed by atoms with Crippen LogP contribution in [0.1, 0.15) is 16.7 Å². The lowest BCUT2D eigenvalue weighted by molar-refractivity contribution is -0.121. The lowest BCUT2D eigenvalue weighted by Gasteiger charge is -2.22. The van der Waals surface area contributed by atoms with Crippen molar-refractivity contribution in [3.63, 3.8) is 0 Å². The number of carbonyl (C=O) groups is 1. The van der Waals surface area contributed by atoms with Crippen LogP contribution < -0.4 is 5.32 Å². The van der Waals surface area contributed by atoms with E-state index in [9.17, 15) is 13.2 Å². The summed E-state index contributed by atoms with van der Waals surface area (Å²) >= 11 is 18.0. The van der Waals surface area contributed by atoms with Gasteiger partial charge >= 0.3 is 0 Å². The van der Waals surface area contributed by atoms with Gasteiger partial charge in [0.25, 0.3) is 0 Å². The van der Waals surface area contributed by atoms with Crippen molar-refractivity contribution in [2.75, 3.05) is 6.54 Å². The summed E-state index contributed by atoms with van der Waals surface area (Å²) in [5, 5.41) is 4.17. The molecule has 0 aliphatic rings.